The Morgan fingerprint density at radius 2 is 1.78 bits per heavy atom. The molecule has 0 amide bonds. The van der Waals surface area contributed by atoms with Gasteiger partial charge in [-0.25, -0.2) is 0 Å². The molecule has 0 aliphatic carbocycles. The van der Waals surface area contributed by atoms with Crippen LogP contribution in [0.25, 0.3) is 0 Å². The van der Waals surface area contributed by atoms with E-state index < -0.39 is 8.32 Å². The molecular formula is C19H32O3Si. The highest BCUT2D eigenvalue weighted by Gasteiger charge is 2.29. The lowest BCUT2D eigenvalue weighted by Gasteiger charge is -2.28. The van der Waals surface area contributed by atoms with Crippen molar-refractivity contribution < 1.29 is 13.9 Å². The number of unbranched alkanes of at least 4 members (excludes halogenated alkanes) is 1. The van der Waals surface area contributed by atoms with Crippen molar-refractivity contribution in [3.63, 3.8) is 0 Å². The molecule has 1 aromatic rings. The summed E-state index contributed by atoms with van der Waals surface area (Å²) >= 11 is 0. The Morgan fingerprint density at radius 1 is 1.09 bits per heavy atom. The molecule has 1 heterocycles. The number of aryl methyl sites for hydroxylation is 1. The van der Waals surface area contributed by atoms with E-state index in [1.807, 2.05) is 0 Å². The van der Waals surface area contributed by atoms with Gasteiger partial charge in [-0.05, 0) is 55.6 Å². The fourth-order valence-electron chi connectivity index (χ4n) is 3.07. The van der Waals surface area contributed by atoms with E-state index in [1.54, 1.807) is 0 Å². The van der Waals surface area contributed by atoms with Crippen molar-refractivity contribution in [1.29, 1.82) is 0 Å². The molecule has 0 radical (unpaired) electrons. The fraction of sp³-hybridized carbons (Fsp3) is 0.684. The molecule has 0 spiro atoms. The standard InChI is InChI=1S/C19H32O3Si/c1-4-22-23(5-2,6-3)14-8-7-9-17-10-12-18(13-11-17)20-15-19-16-21-19/h10-13,19H,4-9,14-16H2,1-3H3. The van der Waals surface area contributed by atoms with Gasteiger partial charge >= 0.3 is 0 Å². The van der Waals surface area contributed by atoms with Gasteiger partial charge in [0.1, 0.15) is 18.5 Å². The minimum atomic E-state index is -1.44. The van der Waals surface area contributed by atoms with Gasteiger partial charge < -0.3 is 13.9 Å². The van der Waals surface area contributed by atoms with Crippen LogP contribution in [0.5, 0.6) is 5.75 Å². The summed E-state index contributed by atoms with van der Waals surface area (Å²) in [6, 6.07) is 12.3. The van der Waals surface area contributed by atoms with E-state index in [4.69, 9.17) is 13.9 Å². The molecule has 2 rings (SSSR count). The van der Waals surface area contributed by atoms with Crippen molar-refractivity contribution in [3.8, 4) is 5.75 Å². The van der Waals surface area contributed by atoms with E-state index in [2.05, 4.69) is 45.0 Å². The van der Waals surface area contributed by atoms with Gasteiger partial charge in [0.25, 0.3) is 0 Å². The molecule has 0 bridgehead atoms. The van der Waals surface area contributed by atoms with Gasteiger partial charge in [0.15, 0.2) is 8.32 Å². The molecule has 1 fully saturated rings. The quantitative estimate of drug-likeness (QED) is 0.312. The molecule has 1 aliphatic heterocycles. The zero-order valence-corrected chi connectivity index (χ0v) is 16.0. The van der Waals surface area contributed by atoms with Crippen LogP contribution in [-0.4, -0.2) is 34.2 Å². The van der Waals surface area contributed by atoms with Crippen LogP contribution < -0.4 is 4.74 Å². The summed E-state index contributed by atoms with van der Waals surface area (Å²) < 4.78 is 17.0. The first-order valence-electron chi connectivity index (χ1n) is 9.18. The van der Waals surface area contributed by atoms with E-state index in [0.29, 0.717) is 12.7 Å². The summed E-state index contributed by atoms with van der Waals surface area (Å²) in [5.41, 5.74) is 1.40. The van der Waals surface area contributed by atoms with Crippen molar-refractivity contribution in [2.45, 2.75) is 64.3 Å². The molecule has 0 saturated carbocycles. The lowest BCUT2D eigenvalue weighted by molar-refractivity contribution is 0.263. The molecule has 0 aromatic heterocycles. The van der Waals surface area contributed by atoms with Crippen LogP contribution in [0.3, 0.4) is 0 Å². The van der Waals surface area contributed by atoms with E-state index in [0.717, 1.165) is 25.4 Å². The second-order valence-corrected chi connectivity index (χ2v) is 11.0. The highest BCUT2D eigenvalue weighted by atomic mass is 28.4. The van der Waals surface area contributed by atoms with E-state index >= 15 is 0 Å². The van der Waals surface area contributed by atoms with Gasteiger partial charge in [0.2, 0.25) is 0 Å². The van der Waals surface area contributed by atoms with Gasteiger partial charge in [0.05, 0.1) is 6.61 Å². The summed E-state index contributed by atoms with van der Waals surface area (Å²) in [6.07, 6.45) is 4.00. The number of epoxide rings is 1. The highest BCUT2D eigenvalue weighted by molar-refractivity contribution is 6.73. The zero-order valence-electron chi connectivity index (χ0n) is 15.0. The third-order valence-corrected chi connectivity index (χ3v) is 9.59. The number of rotatable bonds is 12. The van der Waals surface area contributed by atoms with Crippen molar-refractivity contribution in [2.75, 3.05) is 19.8 Å². The molecule has 1 aromatic carbocycles. The molecule has 1 atom stereocenters. The zero-order chi connectivity index (χ0) is 16.5. The highest BCUT2D eigenvalue weighted by Crippen LogP contribution is 2.25. The Hall–Kier alpha value is -0.843. The molecule has 1 aliphatic rings. The third kappa shape index (κ3) is 6.28. The molecule has 3 nitrogen and oxygen atoms in total. The maximum absolute atomic E-state index is 6.16. The van der Waals surface area contributed by atoms with Crippen LogP contribution in [0.2, 0.25) is 18.1 Å². The first-order chi connectivity index (χ1) is 11.2. The fourth-order valence-corrected chi connectivity index (χ4v) is 6.33. The number of ether oxygens (including phenoxy) is 2. The Balaban J connectivity index is 1.68. The summed E-state index contributed by atoms with van der Waals surface area (Å²) in [5.74, 6) is 0.948. The van der Waals surface area contributed by atoms with Gasteiger partial charge in [-0.3, -0.25) is 0 Å². The molecule has 1 saturated heterocycles. The second-order valence-electron chi connectivity index (χ2n) is 6.44. The maximum Gasteiger partial charge on any atom is 0.192 e. The topological polar surface area (TPSA) is 31.0 Å². The van der Waals surface area contributed by atoms with E-state index in [9.17, 15) is 0 Å². The number of benzene rings is 1. The number of hydrogen-bond acceptors (Lipinski definition) is 3. The van der Waals surface area contributed by atoms with Crippen molar-refractivity contribution in [1.82, 2.24) is 0 Å². The van der Waals surface area contributed by atoms with Crippen LogP contribution in [0.15, 0.2) is 24.3 Å². The largest absolute Gasteiger partial charge is 0.491 e. The maximum atomic E-state index is 6.16. The van der Waals surface area contributed by atoms with Gasteiger partial charge in [-0.2, -0.15) is 0 Å². The van der Waals surface area contributed by atoms with Crippen LogP contribution in [0.4, 0.5) is 0 Å². The lowest BCUT2D eigenvalue weighted by Crippen LogP contribution is -2.36. The molecule has 4 heteroatoms. The van der Waals surface area contributed by atoms with Crippen LogP contribution >= 0.6 is 0 Å². The normalized spacial score (nSPS) is 17.3. The van der Waals surface area contributed by atoms with Gasteiger partial charge in [0, 0.05) is 6.61 Å². The minimum absolute atomic E-state index is 0.321. The Kier molecular flexibility index (Phi) is 7.60. The molecule has 1 unspecified atom stereocenters. The summed E-state index contributed by atoms with van der Waals surface area (Å²) in [5, 5.41) is 0. The van der Waals surface area contributed by atoms with Gasteiger partial charge in [-0.15, -0.1) is 0 Å². The Bertz CT molecular complexity index is 438. The smallest absolute Gasteiger partial charge is 0.192 e. The van der Waals surface area contributed by atoms with Crippen molar-refractivity contribution >= 4 is 8.32 Å². The lowest BCUT2D eigenvalue weighted by atomic mass is 10.1. The summed E-state index contributed by atoms with van der Waals surface area (Å²) in [7, 11) is -1.44. The monoisotopic (exact) mass is 336 g/mol. The van der Waals surface area contributed by atoms with E-state index in [-0.39, 0.29) is 0 Å². The van der Waals surface area contributed by atoms with Gasteiger partial charge in [-0.1, -0.05) is 32.4 Å². The molecule has 130 valence electrons. The number of hydrogen-bond donors (Lipinski definition) is 0. The Labute approximate surface area is 142 Å². The molecule has 0 N–H and O–H groups in total. The molecule has 23 heavy (non-hydrogen) atoms. The van der Waals surface area contributed by atoms with Crippen molar-refractivity contribution in [2.24, 2.45) is 0 Å². The Morgan fingerprint density at radius 3 is 2.35 bits per heavy atom. The minimum Gasteiger partial charge on any atom is -0.491 e. The average molecular weight is 337 g/mol. The SMILES string of the molecule is CCO[Si](CC)(CC)CCCCc1ccc(OCC2CO2)cc1. The van der Waals surface area contributed by atoms with Crippen LogP contribution in [0.1, 0.15) is 39.2 Å². The van der Waals surface area contributed by atoms with Crippen LogP contribution in [0, 0.1) is 0 Å². The predicted octanol–water partition coefficient (Wildman–Crippen LogP) is 4.81. The third-order valence-electron chi connectivity index (χ3n) is 4.85. The predicted molar refractivity (Wildman–Crippen MR) is 97.8 cm³/mol. The average Bonchev–Trinajstić information content (AvgIpc) is 3.41. The summed E-state index contributed by atoms with van der Waals surface area (Å²) in [4.78, 5) is 0. The van der Waals surface area contributed by atoms with Crippen molar-refractivity contribution in [3.05, 3.63) is 29.8 Å². The summed E-state index contributed by atoms with van der Waals surface area (Å²) in [6.45, 7) is 9.14. The molecular weight excluding hydrogens is 304 g/mol. The first-order valence-corrected chi connectivity index (χ1v) is 11.7. The van der Waals surface area contributed by atoms with Crippen LogP contribution in [-0.2, 0) is 15.6 Å². The first kappa shape index (κ1) is 18.5. The second kappa shape index (κ2) is 9.45. The van der Waals surface area contributed by atoms with E-state index in [1.165, 1.54) is 36.5 Å².